The van der Waals surface area contributed by atoms with Gasteiger partial charge in [0.05, 0.1) is 30.0 Å². The van der Waals surface area contributed by atoms with Crippen molar-refractivity contribution in [3.63, 3.8) is 0 Å². The highest BCUT2D eigenvalue weighted by molar-refractivity contribution is 7.99. The van der Waals surface area contributed by atoms with Crippen molar-refractivity contribution in [2.75, 3.05) is 20.0 Å². The molecular formula is C22H21ClN2O5S2. The molecule has 0 bridgehead atoms. The van der Waals surface area contributed by atoms with Crippen LogP contribution in [0, 0.1) is 0 Å². The van der Waals surface area contributed by atoms with Crippen LogP contribution in [0.15, 0.2) is 52.4 Å². The lowest BCUT2D eigenvalue weighted by Crippen LogP contribution is -2.22. The molecule has 1 aromatic heterocycles. The van der Waals surface area contributed by atoms with E-state index in [1.54, 1.807) is 34.5 Å². The summed E-state index contributed by atoms with van der Waals surface area (Å²) >= 11 is 8.76. The molecule has 7 nitrogen and oxygen atoms in total. The van der Waals surface area contributed by atoms with Crippen LogP contribution in [-0.2, 0) is 25.6 Å². The Morgan fingerprint density at radius 3 is 2.53 bits per heavy atom. The van der Waals surface area contributed by atoms with Crippen LogP contribution in [0.25, 0.3) is 10.2 Å². The number of nitrogens with zero attached hydrogens (tertiary/aromatic N) is 2. The molecule has 3 aromatic rings. The van der Waals surface area contributed by atoms with Gasteiger partial charge in [-0.15, -0.1) is 11.8 Å². The van der Waals surface area contributed by atoms with E-state index in [9.17, 15) is 14.4 Å². The number of ether oxygens (including phenoxy) is 2. The minimum Gasteiger partial charge on any atom is -0.468 e. The lowest BCUT2D eigenvalue weighted by atomic mass is 10.2. The minimum absolute atomic E-state index is 0.0907. The Bertz CT molecular complexity index is 1200. The van der Waals surface area contributed by atoms with Gasteiger partial charge in [-0.2, -0.15) is 4.99 Å². The molecule has 3 rings (SSSR count). The van der Waals surface area contributed by atoms with Gasteiger partial charge < -0.3 is 14.0 Å². The fourth-order valence-corrected chi connectivity index (χ4v) is 4.92. The van der Waals surface area contributed by atoms with E-state index in [0.717, 1.165) is 10.6 Å². The van der Waals surface area contributed by atoms with Crippen LogP contribution in [0.2, 0.25) is 5.02 Å². The largest absolute Gasteiger partial charge is 0.468 e. The molecule has 0 N–H and O–H groups in total. The molecule has 0 spiro atoms. The summed E-state index contributed by atoms with van der Waals surface area (Å²) in [6.45, 7) is -0.0907. The third-order valence-corrected chi connectivity index (χ3v) is 6.85. The Morgan fingerprint density at radius 2 is 1.84 bits per heavy atom. The van der Waals surface area contributed by atoms with Gasteiger partial charge in [0, 0.05) is 16.3 Å². The Morgan fingerprint density at radius 1 is 1.09 bits per heavy atom. The molecule has 0 atom stereocenters. The van der Waals surface area contributed by atoms with Crippen LogP contribution in [0.1, 0.15) is 23.2 Å². The lowest BCUT2D eigenvalue weighted by Gasteiger charge is -2.04. The third-order valence-electron chi connectivity index (χ3n) is 4.46. The zero-order chi connectivity index (χ0) is 23.1. The van der Waals surface area contributed by atoms with Crippen LogP contribution < -0.4 is 4.80 Å². The predicted molar refractivity (Wildman–Crippen MR) is 125 cm³/mol. The first-order valence-corrected chi connectivity index (χ1v) is 11.8. The van der Waals surface area contributed by atoms with E-state index in [4.69, 9.17) is 21.1 Å². The summed E-state index contributed by atoms with van der Waals surface area (Å²) in [4.78, 5) is 41.9. The van der Waals surface area contributed by atoms with Crippen molar-refractivity contribution in [3.8, 4) is 0 Å². The minimum atomic E-state index is -0.465. The number of methoxy groups -OCH3 is 2. The molecule has 1 heterocycles. The Labute approximate surface area is 198 Å². The summed E-state index contributed by atoms with van der Waals surface area (Å²) in [6.07, 6.45) is 0.935. The second kappa shape index (κ2) is 11.3. The average Bonchev–Trinajstić information content (AvgIpc) is 3.13. The first-order chi connectivity index (χ1) is 15.4. The fraction of sp³-hybridized carbons (Fsp3) is 0.273. The fourth-order valence-electron chi connectivity index (χ4n) is 2.86. The molecule has 10 heteroatoms. The van der Waals surface area contributed by atoms with E-state index in [1.807, 2.05) is 24.3 Å². The van der Waals surface area contributed by atoms with Crippen molar-refractivity contribution < 1.29 is 23.9 Å². The van der Waals surface area contributed by atoms with Crippen molar-refractivity contribution in [1.82, 2.24) is 4.57 Å². The quantitative estimate of drug-likeness (QED) is 0.264. The molecule has 0 radical (unpaired) electrons. The SMILES string of the molecule is COC(=O)Cn1c(=NC(=O)CCCSc2ccc(Cl)cc2)sc2cc(C(=O)OC)ccc21. The molecular weight excluding hydrogens is 472 g/mol. The number of carbonyl (C=O) groups is 3. The van der Waals surface area contributed by atoms with E-state index in [1.165, 1.54) is 25.6 Å². The number of fused-ring (bicyclic) bond motifs is 1. The highest BCUT2D eigenvalue weighted by Crippen LogP contribution is 2.22. The molecule has 0 aliphatic rings. The van der Waals surface area contributed by atoms with E-state index >= 15 is 0 Å². The normalized spacial score (nSPS) is 11.5. The highest BCUT2D eigenvalue weighted by atomic mass is 35.5. The van der Waals surface area contributed by atoms with Crippen molar-refractivity contribution in [2.45, 2.75) is 24.3 Å². The average molecular weight is 493 g/mol. The van der Waals surface area contributed by atoms with Gasteiger partial charge in [-0.3, -0.25) is 9.59 Å². The maximum atomic E-state index is 12.5. The van der Waals surface area contributed by atoms with Crippen LogP contribution >= 0.6 is 34.7 Å². The highest BCUT2D eigenvalue weighted by Gasteiger charge is 2.14. The van der Waals surface area contributed by atoms with Gasteiger partial charge in [0.15, 0.2) is 4.80 Å². The number of benzene rings is 2. The summed E-state index contributed by atoms with van der Waals surface area (Å²) in [5, 5.41) is 0.686. The molecule has 2 aromatic carbocycles. The molecule has 0 saturated carbocycles. The van der Waals surface area contributed by atoms with Gasteiger partial charge in [0.2, 0.25) is 5.91 Å². The van der Waals surface area contributed by atoms with Crippen molar-refractivity contribution in [1.29, 1.82) is 0 Å². The number of carbonyl (C=O) groups excluding carboxylic acids is 3. The van der Waals surface area contributed by atoms with E-state index in [2.05, 4.69) is 4.99 Å². The Kier molecular flexibility index (Phi) is 8.49. The molecule has 0 fully saturated rings. The van der Waals surface area contributed by atoms with E-state index < -0.39 is 11.9 Å². The van der Waals surface area contributed by atoms with Crippen molar-refractivity contribution in [2.24, 2.45) is 4.99 Å². The van der Waals surface area contributed by atoms with Gasteiger partial charge in [-0.05, 0) is 54.6 Å². The molecule has 0 saturated heterocycles. The Hall–Kier alpha value is -2.62. The second-order valence-electron chi connectivity index (χ2n) is 6.63. The molecule has 0 aliphatic carbocycles. The van der Waals surface area contributed by atoms with Gasteiger partial charge >= 0.3 is 11.9 Å². The van der Waals surface area contributed by atoms with Crippen LogP contribution in [0.4, 0.5) is 0 Å². The Balaban J connectivity index is 1.77. The number of hydrogen-bond acceptors (Lipinski definition) is 7. The number of amides is 1. The summed E-state index contributed by atoms with van der Waals surface area (Å²) in [5.41, 5.74) is 1.06. The molecule has 0 aliphatic heterocycles. The van der Waals surface area contributed by atoms with Gasteiger partial charge in [-0.25, -0.2) is 4.79 Å². The topological polar surface area (TPSA) is 87.0 Å². The first-order valence-electron chi connectivity index (χ1n) is 9.65. The second-order valence-corrected chi connectivity index (χ2v) is 9.25. The monoisotopic (exact) mass is 492 g/mol. The summed E-state index contributed by atoms with van der Waals surface area (Å²) < 4.78 is 11.9. The summed E-state index contributed by atoms with van der Waals surface area (Å²) in [6, 6.07) is 12.5. The maximum Gasteiger partial charge on any atom is 0.337 e. The zero-order valence-electron chi connectivity index (χ0n) is 17.5. The van der Waals surface area contributed by atoms with Crippen LogP contribution in [-0.4, -0.2) is 42.4 Å². The third kappa shape index (κ3) is 6.21. The molecule has 1 amide bonds. The van der Waals surface area contributed by atoms with Crippen LogP contribution in [0.5, 0.6) is 0 Å². The number of rotatable bonds is 8. The first kappa shape index (κ1) is 24.0. The number of thioether (sulfide) groups is 1. The zero-order valence-corrected chi connectivity index (χ0v) is 19.9. The van der Waals surface area contributed by atoms with Crippen molar-refractivity contribution >= 4 is 62.8 Å². The number of aromatic nitrogens is 1. The number of thiazole rings is 1. The molecule has 0 unspecified atom stereocenters. The summed E-state index contributed by atoms with van der Waals surface area (Å²) in [7, 11) is 2.61. The van der Waals surface area contributed by atoms with Gasteiger partial charge in [0.25, 0.3) is 0 Å². The lowest BCUT2D eigenvalue weighted by molar-refractivity contribution is -0.141. The predicted octanol–water partition coefficient (Wildman–Crippen LogP) is 4.32. The molecule has 32 heavy (non-hydrogen) atoms. The van der Waals surface area contributed by atoms with Gasteiger partial charge in [0.1, 0.15) is 6.54 Å². The maximum absolute atomic E-state index is 12.5. The smallest absolute Gasteiger partial charge is 0.337 e. The number of hydrogen-bond donors (Lipinski definition) is 0. The van der Waals surface area contributed by atoms with E-state index in [-0.39, 0.29) is 18.9 Å². The van der Waals surface area contributed by atoms with Crippen LogP contribution in [0.3, 0.4) is 0 Å². The number of halogens is 1. The van der Waals surface area contributed by atoms with E-state index in [0.29, 0.717) is 32.0 Å². The number of esters is 2. The van der Waals surface area contributed by atoms with Crippen molar-refractivity contribution in [3.05, 3.63) is 57.9 Å². The van der Waals surface area contributed by atoms with Gasteiger partial charge in [-0.1, -0.05) is 22.9 Å². The standard InChI is InChI=1S/C22H21ClN2O5S2/c1-29-20(27)13-25-17-10-5-14(21(28)30-2)12-18(17)32-22(25)24-19(26)4-3-11-31-16-8-6-15(23)7-9-16/h5-10,12H,3-4,11,13H2,1-2H3. The molecule has 168 valence electrons. The summed E-state index contributed by atoms with van der Waals surface area (Å²) in [5.74, 6) is -0.442.